The molecule has 3 rings (SSSR count). The fraction of sp³-hybridized carbons (Fsp3) is 0.316. The molecule has 0 saturated carbocycles. The van der Waals surface area contributed by atoms with Gasteiger partial charge < -0.3 is 4.74 Å². The first-order valence-electron chi connectivity index (χ1n) is 8.25. The lowest BCUT2D eigenvalue weighted by molar-refractivity contribution is 0.0458. The molecule has 1 fully saturated rings. The largest absolute Gasteiger partial charge is 0.381 e. The molecule has 2 aromatic rings. The van der Waals surface area contributed by atoms with Gasteiger partial charge in [0.25, 0.3) is 0 Å². The summed E-state index contributed by atoms with van der Waals surface area (Å²) in [4.78, 5) is -0.0673. The number of benzene rings is 2. The fourth-order valence-corrected chi connectivity index (χ4v) is 4.96. The number of nitrogens with one attached hydrogen (secondary N) is 1. The molecule has 1 N–H and O–H groups in total. The van der Waals surface area contributed by atoms with Crippen LogP contribution >= 0.6 is 0 Å². The normalized spacial score (nSPS) is 16.8. The second-order valence-corrected chi connectivity index (χ2v) is 8.02. The molecule has 0 aromatic heterocycles. The van der Waals surface area contributed by atoms with Gasteiger partial charge in [-0.15, -0.1) is 0 Å². The van der Waals surface area contributed by atoms with E-state index in [1.165, 1.54) is 18.2 Å². The summed E-state index contributed by atoms with van der Waals surface area (Å²) < 4.78 is 48.1. The van der Waals surface area contributed by atoms with Crippen molar-refractivity contribution in [1.29, 1.82) is 5.26 Å². The van der Waals surface area contributed by atoms with E-state index in [0.717, 1.165) is 0 Å². The minimum Gasteiger partial charge on any atom is -0.381 e. The molecule has 7 heteroatoms. The second-order valence-electron chi connectivity index (χ2n) is 6.37. The van der Waals surface area contributed by atoms with Gasteiger partial charge in [-0.05, 0) is 49.1 Å². The Morgan fingerprint density at radius 1 is 1.19 bits per heavy atom. The molecule has 0 unspecified atom stereocenters. The number of aryl methyl sites for hydroxylation is 1. The van der Waals surface area contributed by atoms with E-state index < -0.39 is 21.4 Å². The number of nitriles is 1. The standard InChI is InChI=1S/C19H19FN2O3S/c1-14-4-2-7-18(17(14)13-21)26(23,24)22-19(8-10-25-11-9-19)15-5-3-6-16(20)12-15/h2-7,12,22H,8-11H2,1H3. The first kappa shape index (κ1) is 18.5. The first-order valence-corrected chi connectivity index (χ1v) is 9.74. The van der Waals surface area contributed by atoms with E-state index in [-0.39, 0.29) is 10.5 Å². The van der Waals surface area contributed by atoms with Gasteiger partial charge >= 0.3 is 0 Å². The van der Waals surface area contributed by atoms with E-state index in [1.807, 2.05) is 6.07 Å². The zero-order chi connectivity index (χ0) is 18.8. The van der Waals surface area contributed by atoms with E-state index in [9.17, 15) is 18.1 Å². The Morgan fingerprint density at radius 2 is 1.88 bits per heavy atom. The van der Waals surface area contributed by atoms with Gasteiger partial charge in [0.05, 0.1) is 11.1 Å². The summed E-state index contributed by atoms with van der Waals surface area (Å²) in [7, 11) is -4.00. The SMILES string of the molecule is Cc1cccc(S(=O)(=O)NC2(c3cccc(F)c3)CCOCC2)c1C#N. The van der Waals surface area contributed by atoms with Crippen LogP contribution < -0.4 is 4.72 Å². The van der Waals surface area contributed by atoms with Crippen LogP contribution in [0.3, 0.4) is 0 Å². The molecule has 1 heterocycles. The molecule has 0 amide bonds. The minimum absolute atomic E-state index is 0.0673. The molecule has 0 spiro atoms. The molecule has 26 heavy (non-hydrogen) atoms. The van der Waals surface area contributed by atoms with Gasteiger partial charge in [0, 0.05) is 13.2 Å². The molecule has 0 atom stereocenters. The third-order valence-corrected chi connectivity index (χ3v) is 6.27. The maximum Gasteiger partial charge on any atom is 0.242 e. The van der Waals surface area contributed by atoms with Crippen LogP contribution in [0.4, 0.5) is 4.39 Å². The average Bonchev–Trinajstić information content (AvgIpc) is 2.62. The van der Waals surface area contributed by atoms with Crippen molar-refractivity contribution in [2.75, 3.05) is 13.2 Å². The third kappa shape index (κ3) is 3.49. The Kier molecular flexibility index (Phi) is 5.10. The van der Waals surface area contributed by atoms with Crippen LogP contribution in [-0.4, -0.2) is 21.6 Å². The van der Waals surface area contributed by atoms with E-state index in [2.05, 4.69) is 4.72 Å². The topological polar surface area (TPSA) is 79.2 Å². The van der Waals surface area contributed by atoms with Crippen molar-refractivity contribution in [3.8, 4) is 6.07 Å². The lowest BCUT2D eigenvalue weighted by Gasteiger charge is -2.38. The summed E-state index contributed by atoms with van der Waals surface area (Å²) in [6, 6.07) is 12.6. The zero-order valence-corrected chi connectivity index (χ0v) is 15.1. The number of hydrogen-bond donors (Lipinski definition) is 1. The summed E-state index contributed by atoms with van der Waals surface area (Å²) in [6.07, 6.45) is 0.757. The Hall–Kier alpha value is -2.27. The van der Waals surface area contributed by atoms with Crippen molar-refractivity contribution in [2.24, 2.45) is 0 Å². The summed E-state index contributed by atoms with van der Waals surface area (Å²) >= 11 is 0. The number of ether oxygens (including phenoxy) is 1. The van der Waals surface area contributed by atoms with E-state index >= 15 is 0 Å². The number of sulfonamides is 1. The van der Waals surface area contributed by atoms with E-state index in [1.54, 1.807) is 31.2 Å². The van der Waals surface area contributed by atoms with Crippen LogP contribution in [0.2, 0.25) is 0 Å². The van der Waals surface area contributed by atoms with Crippen molar-refractivity contribution in [3.63, 3.8) is 0 Å². The maximum atomic E-state index is 13.8. The van der Waals surface area contributed by atoms with Crippen LogP contribution in [0.5, 0.6) is 0 Å². The maximum absolute atomic E-state index is 13.8. The monoisotopic (exact) mass is 374 g/mol. The fourth-order valence-electron chi connectivity index (χ4n) is 3.28. The van der Waals surface area contributed by atoms with Gasteiger partial charge in [0.2, 0.25) is 10.0 Å². The van der Waals surface area contributed by atoms with Gasteiger partial charge in [0.15, 0.2) is 0 Å². The molecule has 0 radical (unpaired) electrons. The molecule has 0 bridgehead atoms. The molecule has 0 aliphatic carbocycles. The molecular formula is C19H19FN2O3S. The predicted octanol–water partition coefficient (Wildman–Crippen LogP) is 2.99. The summed E-state index contributed by atoms with van der Waals surface area (Å²) in [5, 5.41) is 9.37. The molecule has 5 nitrogen and oxygen atoms in total. The van der Waals surface area contributed by atoms with Crippen molar-refractivity contribution in [3.05, 3.63) is 65.0 Å². The molecule has 2 aromatic carbocycles. The van der Waals surface area contributed by atoms with Crippen molar-refractivity contribution in [1.82, 2.24) is 4.72 Å². The van der Waals surface area contributed by atoms with Crippen LogP contribution in [0.1, 0.15) is 29.5 Å². The van der Waals surface area contributed by atoms with Crippen LogP contribution in [-0.2, 0) is 20.3 Å². The Balaban J connectivity index is 2.08. The zero-order valence-electron chi connectivity index (χ0n) is 14.3. The smallest absolute Gasteiger partial charge is 0.242 e. The summed E-state index contributed by atoms with van der Waals surface area (Å²) in [6.45, 7) is 2.41. The lowest BCUT2D eigenvalue weighted by atomic mass is 9.84. The van der Waals surface area contributed by atoms with Crippen LogP contribution in [0.15, 0.2) is 47.4 Å². The van der Waals surface area contributed by atoms with Crippen molar-refractivity contribution in [2.45, 2.75) is 30.2 Å². The predicted molar refractivity (Wildman–Crippen MR) is 94.3 cm³/mol. The van der Waals surface area contributed by atoms with Gasteiger partial charge in [-0.3, -0.25) is 0 Å². The first-order chi connectivity index (χ1) is 12.4. The molecular weight excluding hydrogens is 355 g/mol. The highest BCUT2D eigenvalue weighted by Gasteiger charge is 2.39. The molecule has 136 valence electrons. The highest BCUT2D eigenvalue weighted by molar-refractivity contribution is 7.89. The number of rotatable bonds is 4. The quantitative estimate of drug-likeness (QED) is 0.892. The Labute approximate surface area is 152 Å². The summed E-state index contributed by atoms with van der Waals surface area (Å²) in [5.74, 6) is -0.430. The van der Waals surface area contributed by atoms with Crippen molar-refractivity contribution >= 4 is 10.0 Å². The van der Waals surface area contributed by atoms with Crippen LogP contribution in [0, 0.1) is 24.1 Å². The third-order valence-electron chi connectivity index (χ3n) is 4.69. The van der Waals surface area contributed by atoms with E-state index in [4.69, 9.17) is 4.74 Å². The summed E-state index contributed by atoms with van der Waals surface area (Å²) in [5.41, 5.74) is 0.273. The minimum atomic E-state index is -4.00. The van der Waals surface area contributed by atoms with E-state index in [0.29, 0.717) is 37.2 Å². The highest BCUT2D eigenvalue weighted by Crippen LogP contribution is 2.34. The van der Waals surface area contributed by atoms with Crippen LogP contribution in [0.25, 0.3) is 0 Å². The van der Waals surface area contributed by atoms with Gasteiger partial charge in [-0.2, -0.15) is 5.26 Å². The Morgan fingerprint density at radius 3 is 2.54 bits per heavy atom. The van der Waals surface area contributed by atoms with Gasteiger partial charge in [-0.1, -0.05) is 24.3 Å². The lowest BCUT2D eigenvalue weighted by Crippen LogP contribution is -2.49. The molecule has 1 aliphatic rings. The molecule has 1 aliphatic heterocycles. The number of halogens is 1. The van der Waals surface area contributed by atoms with Gasteiger partial charge in [-0.25, -0.2) is 17.5 Å². The second kappa shape index (κ2) is 7.16. The molecule has 1 saturated heterocycles. The van der Waals surface area contributed by atoms with Crippen molar-refractivity contribution < 1.29 is 17.5 Å². The Bertz CT molecular complexity index is 961. The average molecular weight is 374 g/mol. The van der Waals surface area contributed by atoms with Gasteiger partial charge in [0.1, 0.15) is 16.8 Å². The highest BCUT2D eigenvalue weighted by atomic mass is 32.2. The number of hydrogen-bond acceptors (Lipinski definition) is 4. The number of nitrogens with zero attached hydrogens (tertiary/aromatic N) is 1.